The molecule has 0 fully saturated rings. The topological polar surface area (TPSA) is 170 Å². The van der Waals surface area contributed by atoms with E-state index >= 15 is 0 Å². The van der Waals surface area contributed by atoms with Crippen LogP contribution in [0, 0.1) is 11.6 Å². The normalized spacial score (nSPS) is 14.9. The largest absolute Gasteiger partial charge is 0.481 e. The summed E-state index contributed by atoms with van der Waals surface area (Å²) < 4.78 is 31.3. The first-order valence-electron chi connectivity index (χ1n) is 13.8. The minimum Gasteiger partial charge on any atom is -0.481 e. The number of hydrogen-bond acceptors (Lipinski definition) is 7. The van der Waals surface area contributed by atoms with Crippen molar-refractivity contribution in [2.45, 2.75) is 50.7 Å². The summed E-state index contributed by atoms with van der Waals surface area (Å²) in [5.41, 5.74) is -2.44. The van der Waals surface area contributed by atoms with Crippen molar-refractivity contribution < 1.29 is 33.4 Å². The summed E-state index contributed by atoms with van der Waals surface area (Å²) in [6.45, 7) is -0.659. The lowest BCUT2D eigenvalue weighted by Crippen LogP contribution is -2.45. The fourth-order valence-corrected chi connectivity index (χ4v) is 6.06. The minimum absolute atomic E-state index is 0.0237. The molecule has 45 heavy (non-hydrogen) atoms. The quantitative estimate of drug-likeness (QED) is 0.225. The molecule has 1 amide bonds. The summed E-state index contributed by atoms with van der Waals surface area (Å²) in [7, 11) is 0. The number of rotatable bonds is 11. The smallest absolute Gasteiger partial charge is 0.352 e. The number of amides is 1. The molecule has 0 radical (unpaired) electrons. The first-order valence-corrected chi connectivity index (χ1v) is 14.7. The van der Waals surface area contributed by atoms with E-state index in [0.717, 1.165) is 27.6 Å². The lowest BCUT2D eigenvalue weighted by molar-refractivity contribution is -0.141. The molecule has 5 rings (SSSR count). The Bertz CT molecular complexity index is 2040. The number of carbonyl (C=O) groups excluding carboxylic acids is 1. The molecule has 0 spiro atoms. The van der Waals surface area contributed by atoms with Gasteiger partial charge in [0.05, 0.1) is 12.6 Å². The first kappa shape index (κ1) is 31.3. The molecule has 3 heterocycles. The van der Waals surface area contributed by atoms with Crippen molar-refractivity contribution in [2.75, 3.05) is 0 Å². The van der Waals surface area contributed by atoms with Gasteiger partial charge in [-0.1, -0.05) is 12.1 Å². The molecule has 0 saturated carbocycles. The highest BCUT2D eigenvalue weighted by molar-refractivity contribution is 7.16. The number of benzene rings is 2. The molecule has 0 aliphatic carbocycles. The third-order valence-corrected chi connectivity index (χ3v) is 8.36. The Labute approximate surface area is 256 Å². The van der Waals surface area contributed by atoms with Crippen molar-refractivity contribution in [3.63, 3.8) is 0 Å². The van der Waals surface area contributed by atoms with Gasteiger partial charge in [0.25, 0.3) is 5.91 Å². The van der Waals surface area contributed by atoms with Crippen LogP contribution >= 0.6 is 11.3 Å². The van der Waals surface area contributed by atoms with Crippen LogP contribution < -0.4 is 22.1 Å². The van der Waals surface area contributed by atoms with E-state index in [4.69, 9.17) is 5.11 Å². The zero-order valence-electron chi connectivity index (χ0n) is 23.4. The van der Waals surface area contributed by atoms with Crippen LogP contribution in [0.15, 0.2) is 68.3 Å². The molecule has 1 aliphatic heterocycles. The Morgan fingerprint density at radius 2 is 1.80 bits per heavy atom. The summed E-state index contributed by atoms with van der Waals surface area (Å²) in [4.78, 5) is 76.1. The van der Waals surface area contributed by atoms with E-state index in [1.54, 1.807) is 23.6 Å². The van der Waals surface area contributed by atoms with E-state index in [1.807, 2.05) is 0 Å². The van der Waals surface area contributed by atoms with E-state index in [9.17, 15) is 42.7 Å². The molecule has 234 valence electrons. The van der Waals surface area contributed by atoms with Crippen molar-refractivity contribution in [1.29, 1.82) is 0 Å². The maximum absolute atomic E-state index is 14.4. The van der Waals surface area contributed by atoms with Gasteiger partial charge in [-0.15, -0.1) is 11.3 Å². The molecule has 2 aromatic heterocycles. The molecule has 2 aromatic carbocycles. The molecule has 1 aliphatic rings. The number of fused-ring (bicyclic) bond motifs is 2. The van der Waals surface area contributed by atoms with Crippen molar-refractivity contribution in [3.8, 4) is 0 Å². The van der Waals surface area contributed by atoms with Gasteiger partial charge in [0.1, 0.15) is 23.4 Å². The molecule has 0 saturated heterocycles. The van der Waals surface area contributed by atoms with Crippen LogP contribution in [-0.2, 0) is 27.3 Å². The van der Waals surface area contributed by atoms with Gasteiger partial charge in [-0.25, -0.2) is 32.4 Å². The van der Waals surface area contributed by atoms with E-state index in [2.05, 4.69) is 5.32 Å². The molecule has 2 unspecified atom stereocenters. The third-order valence-electron chi connectivity index (χ3n) is 7.48. The van der Waals surface area contributed by atoms with Gasteiger partial charge in [0.15, 0.2) is 5.43 Å². The predicted molar refractivity (Wildman–Crippen MR) is 159 cm³/mol. The zero-order chi connectivity index (χ0) is 32.4. The van der Waals surface area contributed by atoms with Crippen molar-refractivity contribution >= 4 is 45.0 Å². The number of carboxylic acids is 2. The van der Waals surface area contributed by atoms with Gasteiger partial charge >= 0.3 is 23.3 Å². The number of allylic oxidation sites excluding steroid dienone is 1. The monoisotopic (exact) mass is 640 g/mol. The number of aromatic nitrogens is 3. The molecule has 4 aromatic rings. The van der Waals surface area contributed by atoms with E-state index in [-0.39, 0.29) is 48.8 Å². The lowest BCUT2D eigenvalue weighted by atomic mass is 10.0. The summed E-state index contributed by atoms with van der Waals surface area (Å²) in [5.74, 6) is -5.12. The highest BCUT2D eigenvalue weighted by Crippen LogP contribution is 2.25. The molecular formula is C30H26F2N4O8S. The predicted octanol–water partition coefficient (Wildman–Crippen LogP) is 2.57. The second kappa shape index (κ2) is 12.8. The Kier molecular flexibility index (Phi) is 8.90. The second-order valence-electron chi connectivity index (χ2n) is 10.5. The van der Waals surface area contributed by atoms with Crippen LogP contribution in [0.2, 0.25) is 0 Å². The van der Waals surface area contributed by atoms with Gasteiger partial charge in [-0.2, -0.15) is 4.68 Å². The number of hydrogen-bond donors (Lipinski definition) is 3. The zero-order valence-corrected chi connectivity index (χ0v) is 24.3. The number of nitrogens with zero attached hydrogens (tertiary/aromatic N) is 3. The van der Waals surface area contributed by atoms with Crippen LogP contribution in [0.4, 0.5) is 8.78 Å². The van der Waals surface area contributed by atoms with E-state index < -0.39 is 59.5 Å². The number of halogens is 2. The number of aliphatic carboxylic acids is 2. The Hall–Kier alpha value is -5.18. The highest BCUT2D eigenvalue weighted by Gasteiger charge is 2.32. The standard InChI is InChI=1S/C30H26F2N4O8S/c31-18-5-7-21(32)17(14-18)15-34-29(43)35-19(2-1-3-26(38)39)6-8-23(36(35)30(34)44)27(40)33-22(28(41)42)13-16-4-9-25-20(12-16)24(37)10-11-45-25/h4-5,7-12,14,19,22H,1-3,6,13,15H2,(H,33,40)(H,38,39)(H,41,42). The first-order chi connectivity index (χ1) is 21.4. The third kappa shape index (κ3) is 6.52. The van der Waals surface area contributed by atoms with Gasteiger partial charge in [-0.05, 0) is 66.6 Å². The van der Waals surface area contributed by atoms with Crippen LogP contribution in [0.5, 0.6) is 0 Å². The van der Waals surface area contributed by atoms with Crippen LogP contribution in [0.25, 0.3) is 15.8 Å². The van der Waals surface area contributed by atoms with Gasteiger partial charge in [-0.3, -0.25) is 14.4 Å². The second-order valence-corrected chi connectivity index (χ2v) is 11.4. The minimum atomic E-state index is -1.49. The van der Waals surface area contributed by atoms with Crippen molar-refractivity contribution in [3.05, 3.63) is 108 Å². The lowest BCUT2D eigenvalue weighted by Gasteiger charge is -2.25. The van der Waals surface area contributed by atoms with Crippen LogP contribution in [0.3, 0.4) is 0 Å². The van der Waals surface area contributed by atoms with Crippen LogP contribution in [-0.4, -0.2) is 48.0 Å². The summed E-state index contributed by atoms with van der Waals surface area (Å²) in [6.07, 6.45) is 1.22. The molecular weight excluding hydrogens is 614 g/mol. The average Bonchev–Trinajstić information content (AvgIpc) is 3.24. The number of carbonyl (C=O) groups is 3. The maximum atomic E-state index is 14.4. The van der Waals surface area contributed by atoms with Gasteiger partial charge in [0.2, 0.25) is 0 Å². The molecule has 2 atom stereocenters. The molecule has 15 heteroatoms. The maximum Gasteiger partial charge on any atom is 0.352 e. The Balaban J connectivity index is 1.48. The Morgan fingerprint density at radius 3 is 2.53 bits per heavy atom. The average molecular weight is 641 g/mol. The van der Waals surface area contributed by atoms with E-state index in [0.29, 0.717) is 20.2 Å². The molecule has 0 bridgehead atoms. The number of carboxylic acid groups (broad SMARTS) is 2. The number of nitrogens with one attached hydrogen (secondary N) is 1. The fraction of sp³-hybridized carbons (Fsp3) is 0.267. The summed E-state index contributed by atoms with van der Waals surface area (Å²) >= 11 is 1.34. The summed E-state index contributed by atoms with van der Waals surface area (Å²) in [6, 6.07) is 6.55. The van der Waals surface area contributed by atoms with Crippen LogP contribution in [0.1, 0.15) is 42.9 Å². The van der Waals surface area contributed by atoms with Gasteiger partial charge < -0.3 is 15.5 Å². The SMILES string of the molecule is O=C(O)CCCC1CC=C(C(=O)NC(Cc2ccc3sccc(=O)c3c2)C(=O)O)n2c(=O)n(Cc3cc(F)ccc3F)c(=O)n21. The summed E-state index contributed by atoms with van der Waals surface area (Å²) in [5, 5.41) is 23.4. The van der Waals surface area contributed by atoms with Crippen molar-refractivity contribution in [1.82, 2.24) is 19.2 Å². The Morgan fingerprint density at radius 1 is 1.02 bits per heavy atom. The van der Waals surface area contributed by atoms with Gasteiger partial charge in [0, 0.05) is 28.5 Å². The highest BCUT2D eigenvalue weighted by atomic mass is 32.1. The molecule has 3 N–H and O–H groups in total. The van der Waals surface area contributed by atoms with Crippen molar-refractivity contribution in [2.24, 2.45) is 0 Å². The fourth-order valence-electron chi connectivity index (χ4n) is 5.28. The molecule has 12 nitrogen and oxygen atoms in total. The van der Waals surface area contributed by atoms with E-state index in [1.165, 1.54) is 23.5 Å².